The van der Waals surface area contributed by atoms with Gasteiger partial charge in [0, 0.05) is 30.7 Å². The first kappa shape index (κ1) is 14.9. The van der Waals surface area contributed by atoms with Gasteiger partial charge in [0.05, 0.1) is 10.0 Å². The summed E-state index contributed by atoms with van der Waals surface area (Å²) in [6, 6.07) is 5.05. The second-order valence-electron chi connectivity index (χ2n) is 5.06. The highest BCUT2D eigenvalue weighted by Gasteiger charge is 2.46. The Morgan fingerprint density at radius 2 is 2.00 bits per heavy atom. The maximum Gasteiger partial charge on any atom is 0.254 e. The Bertz CT molecular complexity index is 503. The molecule has 3 nitrogen and oxygen atoms in total. The predicted octanol–water partition coefficient (Wildman–Crippen LogP) is 2.99. The van der Waals surface area contributed by atoms with Gasteiger partial charge in [-0.25, -0.2) is 0 Å². The molecule has 19 heavy (non-hydrogen) atoms. The van der Waals surface area contributed by atoms with Crippen LogP contribution in [0.5, 0.6) is 0 Å². The van der Waals surface area contributed by atoms with Gasteiger partial charge in [0.25, 0.3) is 5.91 Å². The number of nitrogens with zero attached hydrogens (tertiary/aromatic N) is 1. The van der Waals surface area contributed by atoms with Gasteiger partial charge in [0.15, 0.2) is 0 Å². The van der Waals surface area contributed by atoms with Gasteiger partial charge < -0.3 is 10.2 Å². The van der Waals surface area contributed by atoms with E-state index in [9.17, 15) is 4.79 Å². The highest BCUT2D eigenvalue weighted by Crippen LogP contribution is 2.37. The fourth-order valence-electron chi connectivity index (χ4n) is 2.43. The summed E-state index contributed by atoms with van der Waals surface area (Å²) in [5.74, 6) is 0.0429. The van der Waals surface area contributed by atoms with Gasteiger partial charge in [0.2, 0.25) is 0 Å². The van der Waals surface area contributed by atoms with Gasteiger partial charge in [-0.2, -0.15) is 0 Å². The van der Waals surface area contributed by atoms with E-state index in [0.29, 0.717) is 15.6 Å². The fraction of sp³-hybridized carbons (Fsp3) is 0.462. The zero-order valence-electron chi connectivity index (χ0n) is 10.3. The van der Waals surface area contributed by atoms with Crippen LogP contribution in [0.4, 0.5) is 0 Å². The standard InChI is InChI=1S/C13H14Cl2N2O.ClH/c14-10-2-1-9(7-11(10)15)12(18)17-6-5-16-13(8-17)3-4-13;/h1-2,7,16H,3-6,8H2;1H. The van der Waals surface area contributed by atoms with Crippen molar-refractivity contribution < 1.29 is 4.79 Å². The second kappa shape index (κ2) is 5.49. The first-order valence-electron chi connectivity index (χ1n) is 6.09. The van der Waals surface area contributed by atoms with Crippen LogP contribution in [-0.2, 0) is 0 Å². The maximum atomic E-state index is 12.4. The van der Waals surface area contributed by atoms with Crippen LogP contribution in [-0.4, -0.2) is 36.0 Å². The van der Waals surface area contributed by atoms with E-state index in [2.05, 4.69) is 5.32 Å². The number of carbonyl (C=O) groups excluding carboxylic acids is 1. The summed E-state index contributed by atoms with van der Waals surface area (Å²) in [6.45, 7) is 2.42. The summed E-state index contributed by atoms with van der Waals surface area (Å²) in [5, 5.41) is 4.39. The number of halogens is 3. The van der Waals surface area contributed by atoms with Crippen LogP contribution in [0.15, 0.2) is 18.2 Å². The molecule has 0 unspecified atom stereocenters. The zero-order valence-corrected chi connectivity index (χ0v) is 12.6. The minimum Gasteiger partial charge on any atom is -0.336 e. The van der Waals surface area contributed by atoms with Gasteiger partial charge in [-0.05, 0) is 31.0 Å². The van der Waals surface area contributed by atoms with Crippen LogP contribution in [0, 0.1) is 0 Å². The third-order valence-corrected chi connectivity index (χ3v) is 4.42. The number of amides is 1. The van der Waals surface area contributed by atoms with Gasteiger partial charge in [-0.1, -0.05) is 23.2 Å². The lowest BCUT2D eigenvalue weighted by atomic mass is 10.1. The van der Waals surface area contributed by atoms with Crippen LogP contribution < -0.4 is 5.32 Å². The van der Waals surface area contributed by atoms with Gasteiger partial charge in [-0.3, -0.25) is 4.79 Å². The van der Waals surface area contributed by atoms with Crippen molar-refractivity contribution in [2.45, 2.75) is 18.4 Å². The van der Waals surface area contributed by atoms with E-state index < -0.39 is 0 Å². The third kappa shape index (κ3) is 3.00. The normalized spacial score (nSPS) is 20.0. The Labute approximate surface area is 128 Å². The first-order chi connectivity index (χ1) is 8.60. The van der Waals surface area contributed by atoms with Crippen molar-refractivity contribution in [1.82, 2.24) is 10.2 Å². The van der Waals surface area contributed by atoms with E-state index in [1.807, 2.05) is 4.90 Å². The summed E-state index contributed by atoms with van der Waals surface area (Å²) in [7, 11) is 0. The van der Waals surface area contributed by atoms with Crippen LogP contribution in [0.1, 0.15) is 23.2 Å². The molecule has 104 valence electrons. The number of nitrogens with one attached hydrogen (secondary N) is 1. The summed E-state index contributed by atoms with van der Waals surface area (Å²) in [6.07, 6.45) is 2.33. The average molecular weight is 322 g/mol. The number of benzene rings is 1. The van der Waals surface area contributed by atoms with Crippen molar-refractivity contribution >= 4 is 41.5 Å². The van der Waals surface area contributed by atoms with Crippen molar-refractivity contribution in [3.05, 3.63) is 33.8 Å². The van der Waals surface area contributed by atoms with Crippen LogP contribution in [0.25, 0.3) is 0 Å². The van der Waals surface area contributed by atoms with Crippen LogP contribution in [0.3, 0.4) is 0 Å². The molecule has 0 radical (unpaired) electrons. The van der Waals surface area contributed by atoms with Gasteiger partial charge >= 0.3 is 0 Å². The number of hydrogen-bond donors (Lipinski definition) is 1. The first-order valence-corrected chi connectivity index (χ1v) is 6.85. The molecule has 0 bridgehead atoms. The molecular weight excluding hydrogens is 307 g/mol. The second-order valence-corrected chi connectivity index (χ2v) is 5.88. The molecule has 1 spiro atoms. The third-order valence-electron chi connectivity index (χ3n) is 3.68. The lowest BCUT2D eigenvalue weighted by molar-refractivity contribution is 0.0691. The van der Waals surface area contributed by atoms with Gasteiger partial charge in [0.1, 0.15) is 0 Å². The molecule has 1 N–H and O–H groups in total. The minimum atomic E-state index is 0. The van der Waals surface area contributed by atoms with E-state index in [1.165, 1.54) is 0 Å². The SMILES string of the molecule is Cl.O=C(c1ccc(Cl)c(Cl)c1)N1CCNC2(CC2)C1. The number of hydrogen-bond acceptors (Lipinski definition) is 2. The fourth-order valence-corrected chi connectivity index (χ4v) is 2.73. The highest BCUT2D eigenvalue weighted by molar-refractivity contribution is 6.42. The maximum absolute atomic E-state index is 12.4. The van der Waals surface area contributed by atoms with Crippen molar-refractivity contribution in [1.29, 1.82) is 0 Å². The molecular formula is C13H15Cl3N2O. The lowest BCUT2D eigenvalue weighted by Gasteiger charge is -2.34. The smallest absolute Gasteiger partial charge is 0.254 e. The van der Waals surface area contributed by atoms with Crippen LogP contribution >= 0.6 is 35.6 Å². The Balaban J connectivity index is 0.00000133. The largest absolute Gasteiger partial charge is 0.336 e. The van der Waals surface area contributed by atoms with E-state index in [0.717, 1.165) is 32.5 Å². The van der Waals surface area contributed by atoms with Gasteiger partial charge in [-0.15, -0.1) is 12.4 Å². The van der Waals surface area contributed by atoms with E-state index in [4.69, 9.17) is 23.2 Å². The topological polar surface area (TPSA) is 32.3 Å². The Hall–Kier alpha value is -0.480. The molecule has 1 saturated carbocycles. The molecule has 1 heterocycles. The summed E-state index contributed by atoms with van der Waals surface area (Å²) < 4.78 is 0. The van der Waals surface area contributed by atoms with E-state index in [-0.39, 0.29) is 23.9 Å². The van der Waals surface area contributed by atoms with Crippen molar-refractivity contribution in [3.8, 4) is 0 Å². The molecule has 6 heteroatoms. The predicted molar refractivity (Wildman–Crippen MR) is 79.6 cm³/mol. The molecule has 2 aliphatic rings. The number of rotatable bonds is 1. The van der Waals surface area contributed by atoms with Crippen molar-refractivity contribution in [2.24, 2.45) is 0 Å². The quantitative estimate of drug-likeness (QED) is 0.862. The summed E-state index contributed by atoms with van der Waals surface area (Å²) in [4.78, 5) is 14.3. The van der Waals surface area contributed by atoms with E-state index >= 15 is 0 Å². The molecule has 0 atom stereocenters. The summed E-state index contributed by atoms with van der Waals surface area (Å²) >= 11 is 11.8. The molecule has 3 rings (SSSR count). The van der Waals surface area contributed by atoms with Crippen LogP contribution in [0.2, 0.25) is 10.0 Å². The molecule has 1 aromatic carbocycles. The summed E-state index contributed by atoms with van der Waals surface area (Å²) in [5.41, 5.74) is 0.812. The van der Waals surface area contributed by atoms with Crippen molar-refractivity contribution in [3.63, 3.8) is 0 Å². The Morgan fingerprint density at radius 1 is 1.26 bits per heavy atom. The van der Waals surface area contributed by atoms with E-state index in [1.54, 1.807) is 18.2 Å². The lowest BCUT2D eigenvalue weighted by Crippen LogP contribution is -2.54. The monoisotopic (exact) mass is 320 g/mol. The Kier molecular flexibility index (Phi) is 4.31. The zero-order chi connectivity index (χ0) is 12.8. The molecule has 1 aliphatic heterocycles. The molecule has 1 aromatic rings. The average Bonchev–Trinajstić information content (AvgIpc) is 3.11. The molecule has 2 fully saturated rings. The number of piperazine rings is 1. The Morgan fingerprint density at radius 3 is 2.63 bits per heavy atom. The molecule has 0 aromatic heterocycles. The molecule has 1 saturated heterocycles. The highest BCUT2D eigenvalue weighted by atomic mass is 35.5. The minimum absolute atomic E-state index is 0. The number of carbonyl (C=O) groups is 1. The molecule has 1 amide bonds. The molecule has 1 aliphatic carbocycles. The van der Waals surface area contributed by atoms with Crippen molar-refractivity contribution in [2.75, 3.05) is 19.6 Å².